The number of carbonyl (C=O) groups is 2. The van der Waals surface area contributed by atoms with Gasteiger partial charge in [-0.15, -0.1) is 11.3 Å². The number of thiophene rings is 1. The summed E-state index contributed by atoms with van der Waals surface area (Å²) in [6, 6.07) is 12.9. The zero-order valence-corrected chi connectivity index (χ0v) is 15.5. The largest absolute Gasteiger partial charge is 0.279 e. The molecule has 0 unspecified atom stereocenters. The van der Waals surface area contributed by atoms with Crippen LogP contribution >= 0.6 is 27.3 Å². The summed E-state index contributed by atoms with van der Waals surface area (Å²) in [6.07, 6.45) is 0. The summed E-state index contributed by atoms with van der Waals surface area (Å²) < 4.78 is 26.3. The van der Waals surface area contributed by atoms with Gasteiger partial charge < -0.3 is 0 Å². The van der Waals surface area contributed by atoms with Crippen molar-refractivity contribution in [2.45, 2.75) is 0 Å². The number of carbonyl (C=O) groups excluding carboxylic acids is 2. The number of halogens is 3. The van der Waals surface area contributed by atoms with Crippen molar-refractivity contribution < 1.29 is 18.4 Å². The van der Waals surface area contributed by atoms with Gasteiger partial charge in [-0.3, -0.25) is 20.4 Å². The first-order chi connectivity index (χ1) is 12.4. The van der Waals surface area contributed by atoms with E-state index in [9.17, 15) is 18.4 Å². The third kappa shape index (κ3) is 4.14. The van der Waals surface area contributed by atoms with Crippen molar-refractivity contribution in [1.29, 1.82) is 0 Å². The first kappa shape index (κ1) is 18.2. The highest BCUT2D eigenvalue weighted by Gasteiger charge is 2.14. The Kier molecular flexibility index (Phi) is 5.43. The molecule has 0 aliphatic heterocycles. The minimum Gasteiger partial charge on any atom is -0.267 e. The number of rotatable bonds is 3. The van der Waals surface area contributed by atoms with Crippen LogP contribution in [-0.2, 0) is 0 Å². The lowest BCUT2D eigenvalue weighted by atomic mass is 10.2. The van der Waals surface area contributed by atoms with E-state index >= 15 is 0 Å². The van der Waals surface area contributed by atoms with E-state index < -0.39 is 17.6 Å². The third-order valence-corrected chi connectivity index (χ3v) is 5.21. The Morgan fingerprint density at radius 2 is 1.50 bits per heavy atom. The fourth-order valence-electron chi connectivity index (χ4n) is 2.15. The molecule has 0 saturated carbocycles. The Morgan fingerprint density at radius 1 is 0.846 bits per heavy atom. The molecular formula is C18H11BrF2N2O2S. The van der Waals surface area contributed by atoms with Crippen molar-refractivity contribution in [3.63, 3.8) is 0 Å². The van der Waals surface area contributed by atoms with E-state index in [1.165, 1.54) is 29.5 Å². The molecule has 3 rings (SSSR count). The van der Waals surface area contributed by atoms with Gasteiger partial charge in [-0.2, -0.15) is 0 Å². The van der Waals surface area contributed by atoms with Gasteiger partial charge in [0, 0.05) is 9.35 Å². The first-order valence-electron chi connectivity index (χ1n) is 7.35. The van der Waals surface area contributed by atoms with Crippen molar-refractivity contribution in [2.24, 2.45) is 0 Å². The Balaban J connectivity index is 1.65. The monoisotopic (exact) mass is 436 g/mol. The highest BCUT2D eigenvalue weighted by Crippen LogP contribution is 2.28. The Morgan fingerprint density at radius 3 is 2.19 bits per heavy atom. The maximum atomic E-state index is 13.1. The predicted molar refractivity (Wildman–Crippen MR) is 98.7 cm³/mol. The number of hydrogen-bond acceptors (Lipinski definition) is 3. The molecule has 0 aliphatic carbocycles. The highest BCUT2D eigenvalue weighted by molar-refractivity contribution is 9.10. The van der Waals surface area contributed by atoms with Gasteiger partial charge in [0.25, 0.3) is 11.8 Å². The molecule has 132 valence electrons. The lowest BCUT2D eigenvalue weighted by Crippen LogP contribution is -2.41. The summed E-state index contributed by atoms with van der Waals surface area (Å²) >= 11 is 4.30. The second-order valence-corrected chi connectivity index (χ2v) is 7.14. The van der Waals surface area contributed by atoms with Gasteiger partial charge in [0.2, 0.25) is 0 Å². The number of nitrogens with one attached hydrogen (secondary N) is 2. The van der Waals surface area contributed by atoms with Gasteiger partial charge in [0.15, 0.2) is 0 Å². The zero-order chi connectivity index (χ0) is 18.7. The second-order valence-electron chi connectivity index (χ2n) is 5.20. The maximum absolute atomic E-state index is 13.1. The van der Waals surface area contributed by atoms with Crippen LogP contribution in [0.5, 0.6) is 0 Å². The smallest absolute Gasteiger partial charge is 0.267 e. The predicted octanol–water partition coefficient (Wildman–Crippen LogP) is 4.53. The molecule has 1 heterocycles. The standard InChI is InChI=1S/C18H11BrF2N2O2S/c19-14-9-12(21)5-6-13(14)17(24)22-23-18(25)16-8-7-15(26-16)10-1-3-11(20)4-2-10/h1-9H,(H,22,24)(H,23,25). The van der Waals surface area contributed by atoms with Crippen molar-refractivity contribution >= 4 is 39.1 Å². The van der Waals surface area contributed by atoms with Crippen molar-refractivity contribution in [3.05, 3.63) is 81.1 Å². The number of hydrogen-bond donors (Lipinski definition) is 2. The average molecular weight is 437 g/mol. The Labute approximate surface area is 160 Å². The van der Waals surface area contributed by atoms with Crippen LogP contribution in [0.15, 0.2) is 59.1 Å². The molecule has 2 amide bonds. The molecule has 8 heteroatoms. The van der Waals surface area contributed by atoms with E-state index in [1.807, 2.05) is 0 Å². The maximum Gasteiger partial charge on any atom is 0.279 e. The van der Waals surface area contributed by atoms with Crippen LogP contribution < -0.4 is 10.9 Å². The lowest BCUT2D eigenvalue weighted by molar-refractivity contribution is 0.0848. The number of hydrazine groups is 1. The molecule has 26 heavy (non-hydrogen) atoms. The molecule has 0 saturated heterocycles. The van der Waals surface area contributed by atoms with Crippen LogP contribution in [0.2, 0.25) is 0 Å². The minimum absolute atomic E-state index is 0.185. The zero-order valence-electron chi connectivity index (χ0n) is 13.1. The van der Waals surface area contributed by atoms with E-state index in [2.05, 4.69) is 26.8 Å². The molecule has 0 atom stereocenters. The molecule has 2 aromatic carbocycles. The molecule has 0 radical (unpaired) electrons. The Hall–Kier alpha value is -2.58. The average Bonchev–Trinajstić information content (AvgIpc) is 3.10. The molecule has 0 spiro atoms. The first-order valence-corrected chi connectivity index (χ1v) is 8.96. The molecule has 1 aromatic heterocycles. The fourth-order valence-corrected chi connectivity index (χ4v) is 3.58. The molecular weight excluding hydrogens is 426 g/mol. The number of benzene rings is 2. The van der Waals surface area contributed by atoms with Gasteiger partial charge >= 0.3 is 0 Å². The minimum atomic E-state index is -0.583. The molecule has 0 bridgehead atoms. The van der Waals surface area contributed by atoms with Gasteiger partial charge in [0.05, 0.1) is 10.4 Å². The topological polar surface area (TPSA) is 58.2 Å². The second kappa shape index (κ2) is 7.76. The van der Waals surface area contributed by atoms with E-state index in [4.69, 9.17) is 0 Å². The van der Waals surface area contributed by atoms with Gasteiger partial charge in [0.1, 0.15) is 11.6 Å². The molecule has 0 aliphatic rings. The highest BCUT2D eigenvalue weighted by atomic mass is 79.9. The SMILES string of the molecule is O=C(NNC(=O)c1ccc(F)cc1Br)c1ccc(-c2ccc(F)cc2)s1. The summed E-state index contributed by atoms with van der Waals surface area (Å²) in [5.74, 6) is -1.89. The molecule has 0 fully saturated rings. The van der Waals surface area contributed by atoms with Crippen LogP contribution in [0.3, 0.4) is 0 Å². The van der Waals surface area contributed by atoms with Crippen LogP contribution in [-0.4, -0.2) is 11.8 Å². The van der Waals surface area contributed by atoms with Gasteiger partial charge in [-0.1, -0.05) is 12.1 Å². The summed E-state index contributed by atoms with van der Waals surface area (Å²) in [5, 5.41) is 0. The lowest BCUT2D eigenvalue weighted by Gasteiger charge is -2.07. The van der Waals surface area contributed by atoms with Crippen molar-refractivity contribution in [2.75, 3.05) is 0 Å². The van der Waals surface area contributed by atoms with Crippen molar-refractivity contribution in [3.8, 4) is 10.4 Å². The summed E-state index contributed by atoms with van der Waals surface area (Å²) in [7, 11) is 0. The van der Waals surface area contributed by atoms with Crippen LogP contribution in [0.25, 0.3) is 10.4 Å². The van der Waals surface area contributed by atoms with Crippen LogP contribution in [0, 0.1) is 11.6 Å². The molecule has 3 aromatic rings. The summed E-state index contributed by atoms with van der Waals surface area (Å²) in [6.45, 7) is 0. The van der Waals surface area contributed by atoms with E-state index in [0.29, 0.717) is 4.88 Å². The normalized spacial score (nSPS) is 10.4. The van der Waals surface area contributed by atoms with Crippen LogP contribution in [0.4, 0.5) is 8.78 Å². The van der Waals surface area contributed by atoms with Crippen LogP contribution in [0.1, 0.15) is 20.0 Å². The van der Waals surface area contributed by atoms with Crippen molar-refractivity contribution in [1.82, 2.24) is 10.9 Å². The van der Waals surface area contributed by atoms with E-state index in [1.54, 1.807) is 24.3 Å². The van der Waals surface area contributed by atoms with E-state index in [-0.39, 0.29) is 15.9 Å². The number of amides is 2. The molecule has 2 N–H and O–H groups in total. The summed E-state index contributed by atoms with van der Waals surface area (Å²) in [4.78, 5) is 25.4. The quantitative estimate of drug-likeness (QED) is 0.592. The molecule has 4 nitrogen and oxygen atoms in total. The van der Waals surface area contributed by atoms with Gasteiger partial charge in [-0.05, 0) is 64.0 Å². The fraction of sp³-hybridized carbons (Fsp3) is 0. The van der Waals surface area contributed by atoms with E-state index in [0.717, 1.165) is 22.6 Å². The third-order valence-electron chi connectivity index (χ3n) is 3.42. The van der Waals surface area contributed by atoms with Gasteiger partial charge in [-0.25, -0.2) is 8.78 Å². The Bertz CT molecular complexity index is 974. The summed E-state index contributed by atoms with van der Waals surface area (Å²) in [5.41, 5.74) is 5.56.